The quantitative estimate of drug-likeness (QED) is 0.156. The van der Waals surface area contributed by atoms with Gasteiger partial charge in [0.2, 0.25) is 5.91 Å². The number of H-pyrrole nitrogens is 1. The fourth-order valence-corrected chi connectivity index (χ4v) is 3.77. The largest absolute Gasteiger partial charge is 0.368 e. The zero-order valence-electron chi connectivity index (χ0n) is 13.5. The molecule has 144 valence electrons. The van der Waals surface area contributed by atoms with E-state index in [0.717, 1.165) is 6.21 Å². The number of aromatic nitrogens is 4. The van der Waals surface area contributed by atoms with Crippen molar-refractivity contribution in [1.29, 1.82) is 5.41 Å². The predicted octanol–water partition coefficient (Wildman–Crippen LogP) is -1.27. The van der Waals surface area contributed by atoms with Gasteiger partial charge in [-0.25, -0.2) is 0 Å². The zero-order chi connectivity index (χ0) is 18.2. The molecule has 1 atom stereocenters. The van der Waals surface area contributed by atoms with Crippen molar-refractivity contribution in [3.63, 3.8) is 0 Å². The molecule has 1 amide bonds. The smallest absolute Gasteiger partial charge is 0.339 e. The maximum Gasteiger partial charge on any atom is 0.339 e. The van der Waals surface area contributed by atoms with Crippen LogP contribution >= 0.6 is 31.8 Å². The normalized spacial score (nSPS) is 12.5. The maximum absolute atomic E-state index is 11.6. The summed E-state index contributed by atoms with van der Waals surface area (Å²) in [7, 11) is -2.56. The molecule has 0 aromatic carbocycles. The molecule has 0 aliphatic heterocycles. The van der Waals surface area contributed by atoms with Gasteiger partial charge in [0.15, 0.2) is 0 Å². The number of rotatable bonds is 12. The Morgan fingerprint density at radius 1 is 1.56 bits per heavy atom. The first-order valence-electron chi connectivity index (χ1n) is 6.83. The van der Waals surface area contributed by atoms with Gasteiger partial charge in [-0.2, -0.15) is 17.0 Å². The Morgan fingerprint density at radius 2 is 2.24 bits per heavy atom. The fourth-order valence-electron chi connectivity index (χ4n) is 1.83. The van der Waals surface area contributed by atoms with Gasteiger partial charge in [0.05, 0.1) is 0 Å². The minimum absolute atomic E-state index is 0. The van der Waals surface area contributed by atoms with Crippen molar-refractivity contribution in [2.45, 2.75) is 6.04 Å². The van der Waals surface area contributed by atoms with Crippen LogP contribution in [0.2, 0.25) is 0 Å². The molecule has 1 aromatic rings. The maximum atomic E-state index is 11.6. The van der Waals surface area contributed by atoms with Gasteiger partial charge in [-0.3, -0.25) is 14.3 Å². The number of tetrazole rings is 1. The van der Waals surface area contributed by atoms with Crippen LogP contribution in [-0.2, 0) is 9.36 Å². The second-order valence-corrected chi connectivity index (χ2v) is 7.67. The standard InChI is InChI=1S/C10H21N8O4PS.ClH/c1-17(10-13-15-16-14-10)8(9(12)19)6-24-5-4-18(3-2-11)7-23(20,21)22;/h2,8,11H,3-7H2,1H3,(H2,12,19)(H2,20,21,22)(H,13,14,15,16);1H/t8-;/m0./s1. The van der Waals surface area contributed by atoms with E-state index >= 15 is 0 Å². The monoisotopic (exact) mass is 416 g/mol. The van der Waals surface area contributed by atoms with Gasteiger partial charge >= 0.3 is 7.60 Å². The third kappa shape index (κ3) is 9.14. The van der Waals surface area contributed by atoms with E-state index in [9.17, 15) is 9.36 Å². The summed E-state index contributed by atoms with van der Waals surface area (Å²) in [6.45, 7) is 0.510. The summed E-state index contributed by atoms with van der Waals surface area (Å²) in [6, 6.07) is -0.648. The molecular formula is C10H22ClN8O4PS. The molecule has 15 heteroatoms. The zero-order valence-corrected chi connectivity index (χ0v) is 16.0. The van der Waals surface area contributed by atoms with Gasteiger partial charge in [-0.1, -0.05) is 5.10 Å². The number of carbonyl (C=O) groups excluding carboxylic acids is 1. The highest BCUT2D eigenvalue weighted by molar-refractivity contribution is 7.99. The Labute approximate surface area is 155 Å². The van der Waals surface area contributed by atoms with Crippen LogP contribution in [0.5, 0.6) is 0 Å². The van der Waals surface area contributed by atoms with Gasteiger partial charge in [-0.15, -0.1) is 17.5 Å². The molecule has 0 aliphatic rings. The molecule has 0 bridgehead atoms. The summed E-state index contributed by atoms with van der Waals surface area (Å²) in [5.74, 6) is 0.569. The molecule has 0 aliphatic carbocycles. The molecule has 0 unspecified atom stereocenters. The van der Waals surface area contributed by atoms with Crippen LogP contribution in [0, 0.1) is 5.41 Å². The van der Waals surface area contributed by atoms with Gasteiger partial charge in [0.1, 0.15) is 12.3 Å². The number of nitrogens with one attached hydrogen (secondary N) is 2. The van der Waals surface area contributed by atoms with Crippen molar-refractivity contribution in [3.8, 4) is 0 Å². The number of nitrogens with two attached hydrogens (primary N) is 1. The highest BCUT2D eigenvalue weighted by Crippen LogP contribution is 2.34. The summed E-state index contributed by atoms with van der Waals surface area (Å²) in [6.07, 6.45) is 0.668. The van der Waals surface area contributed by atoms with Crippen LogP contribution < -0.4 is 10.6 Å². The van der Waals surface area contributed by atoms with E-state index in [-0.39, 0.29) is 24.9 Å². The average Bonchev–Trinajstić information content (AvgIpc) is 2.98. The fraction of sp³-hybridized carbons (Fsp3) is 0.700. The van der Waals surface area contributed by atoms with Gasteiger partial charge in [0, 0.05) is 37.9 Å². The Bertz CT molecular complexity index is 573. The van der Waals surface area contributed by atoms with Crippen LogP contribution in [0.4, 0.5) is 5.95 Å². The number of nitrogens with zero attached hydrogens (tertiary/aromatic N) is 5. The van der Waals surface area contributed by atoms with Crippen LogP contribution in [-0.4, -0.2) is 91.4 Å². The molecule has 0 spiro atoms. The number of anilines is 1. The lowest BCUT2D eigenvalue weighted by molar-refractivity contribution is -0.118. The summed E-state index contributed by atoms with van der Waals surface area (Å²) in [5, 5.41) is 20.3. The predicted molar refractivity (Wildman–Crippen MR) is 97.4 cm³/mol. The number of halogens is 1. The minimum atomic E-state index is -4.18. The molecule has 1 rings (SSSR count). The number of likely N-dealkylation sites (N-methyl/N-ethyl adjacent to an activating group) is 1. The van der Waals surface area contributed by atoms with Crippen molar-refractivity contribution < 1.29 is 19.1 Å². The SMILES string of the molecule is CN(c1nn[nH]n1)[C@@H](CSCCN(CC=N)CP(=O)(O)O)C(N)=O.Cl. The van der Waals surface area contributed by atoms with Crippen molar-refractivity contribution in [2.24, 2.45) is 5.73 Å². The molecule has 1 heterocycles. The van der Waals surface area contributed by atoms with Crippen molar-refractivity contribution >= 4 is 49.8 Å². The van der Waals surface area contributed by atoms with E-state index in [1.54, 1.807) is 7.05 Å². The number of hydrogen-bond donors (Lipinski definition) is 5. The summed E-state index contributed by atoms with van der Waals surface area (Å²) < 4.78 is 11.0. The Morgan fingerprint density at radius 3 is 2.72 bits per heavy atom. The highest BCUT2D eigenvalue weighted by Gasteiger charge is 2.24. The minimum Gasteiger partial charge on any atom is -0.368 e. The lowest BCUT2D eigenvalue weighted by Gasteiger charge is -2.24. The molecule has 6 N–H and O–H groups in total. The number of amides is 1. The van der Waals surface area contributed by atoms with E-state index in [0.29, 0.717) is 18.1 Å². The average molecular weight is 417 g/mol. The van der Waals surface area contributed by atoms with Gasteiger partial charge < -0.3 is 25.8 Å². The Hall–Kier alpha value is -1.24. The van der Waals surface area contributed by atoms with Gasteiger partial charge in [-0.05, 0) is 5.21 Å². The van der Waals surface area contributed by atoms with Crippen LogP contribution in [0.15, 0.2) is 0 Å². The number of hydrogen-bond acceptors (Lipinski definition) is 9. The first-order valence-corrected chi connectivity index (χ1v) is 9.79. The second-order valence-electron chi connectivity index (χ2n) is 4.90. The first-order chi connectivity index (χ1) is 11.2. The number of thioether (sulfide) groups is 1. The van der Waals surface area contributed by atoms with E-state index in [4.69, 9.17) is 20.9 Å². The lowest BCUT2D eigenvalue weighted by atomic mass is 10.3. The number of carbonyl (C=O) groups is 1. The summed E-state index contributed by atoms with van der Waals surface area (Å²) in [4.78, 5) is 32.6. The van der Waals surface area contributed by atoms with E-state index in [1.165, 1.54) is 21.6 Å². The molecule has 0 fully saturated rings. The third-order valence-electron chi connectivity index (χ3n) is 3.01. The van der Waals surface area contributed by atoms with Crippen molar-refractivity contribution in [3.05, 3.63) is 0 Å². The molecule has 0 radical (unpaired) electrons. The summed E-state index contributed by atoms with van der Waals surface area (Å²) in [5.41, 5.74) is 5.39. The Balaban J connectivity index is 0.00000576. The topological polar surface area (TPSA) is 185 Å². The van der Waals surface area contributed by atoms with Gasteiger partial charge in [0.25, 0.3) is 5.95 Å². The van der Waals surface area contributed by atoms with Crippen molar-refractivity contribution in [1.82, 2.24) is 25.5 Å². The Kier molecular flexibility index (Phi) is 10.8. The number of aromatic amines is 1. The van der Waals surface area contributed by atoms with Crippen molar-refractivity contribution in [2.75, 3.05) is 42.8 Å². The third-order valence-corrected chi connectivity index (χ3v) is 4.80. The molecule has 0 saturated heterocycles. The lowest BCUT2D eigenvalue weighted by Crippen LogP contribution is -2.45. The number of primary amides is 1. The molecule has 0 saturated carbocycles. The van der Waals surface area contributed by atoms with E-state index in [2.05, 4.69) is 20.6 Å². The van der Waals surface area contributed by atoms with Crippen LogP contribution in [0.3, 0.4) is 0 Å². The van der Waals surface area contributed by atoms with Crippen LogP contribution in [0.1, 0.15) is 0 Å². The highest BCUT2D eigenvalue weighted by atomic mass is 35.5. The molecule has 12 nitrogen and oxygen atoms in total. The summed E-state index contributed by atoms with van der Waals surface area (Å²) >= 11 is 1.40. The van der Waals surface area contributed by atoms with E-state index < -0.39 is 25.8 Å². The molecule has 25 heavy (non-hydrogen) atoms. The second kappa shape index (κ2) is 11.4. The first kappa shape index (κ1) is 23.8. The van der Waals surface area contributed by atoms with Crippen LogP contribution in [0.25, 0.3) is 0 Å². The molecule has 1 aromatic heterocycles. The van der Waals surface area contributed by atoms with E-state index in [1.807, 2.05) is 0 Å². The molecular weight excluding hydrogens is 395 g/mol.